The quantitative estimate of drug-likeness (QED) is 0.658. The molecule has 1 heterocycles. The molecule has 2 aromatic carbocycles. The molecule has 0 atom stereocenters. The van der Waals surface area contributed by atoms with Gasteiger partial charge in [-0.3, -0.25) is 9.78 Å². The Kier molecular flexibility index (Phi) is 5.12. The van der Waals surface area contributed by atoms with E-state index in [4.69, 9.17) is 4.74 Å². The van der Waals surface area contributed by atoms with E-state index in [-0.39, 0.29) is 11.6 Å². The van der Waals surface area contributed by atoms with E-state index < -0.39 is 5.82 Å². The fourth-order valence-electron chi connectivity index (χ4n) is 2.62. The van der Waals surface area contributed by atoms with Crippen molar-refractivity contribution in [3.63, 3.8) is 0 Å². The van der Waals surface area contributed by atoms with Crippen molar-refractivity contribution in [2.75, 3.05) is 19.0 Å². The first kappa shape index (κ1) is 17.4. The standard InChI is InChI=1S/C20H18FN3O2/c1-3-11-22-20(25)14-12-23-19-13(7-6-10-17(19)26-2)18(14)24-16-9-5-4-8-15(16)21/h3-10,12H,1,11H2,2H3,(H,22,25)(H,23,24). The Labute approximate surface area is 150 Å². The van der Waals surface area contributed by atoms with Crippen molar-refractivity contribution in [2.24, 2.45) is 0 Å². The summed E-state index contributed by atoms with van der Waals surface area (Å²) in [5.74, 6) is -0.184. The number of hydrogen-bond acceptors (Lipinski definition) is 4. The van der Waals surface area contributed by atoms with E-state index in [0.717, 1.165) is 0 Å². The Morgan fingerprint density at radius 2 is 2.08 bits per heavy atom. The van der Waals surface area contributed by atoms with Crippen LogP contribution in [0.3, 0.4) is 0 Å². The highest BCUT2D eigenvalue weighted by Gasteiger charge is 2.18. The van der Waals surface area contributed by atoms with E-state index in [1.54, 1.807) is 49.6 Å². The first-order valence-electron chi connectivity index (χ1n) is 8.02. The third-order valence-electron chi connectivity index (χ3n) is 3.87. The zero-order valence-electron chi connectivity index (χ0n) is 14.3. The number of methoxy groups -OCH3 is 1. The van der Waals surface area contributed by atoms with E-state index in [2.05, 4.69) is 22.2 Å². The summed E-state index contributed by atoms with van der Waals surface area (Å²) in [7, 11) is 1.55. The van der Waals surface area contributed by atoms with Gasteiger partial charge in [0.1, 0.15) is 17.1 Å². The lowest BCUT2D eigenvalue weighted by Crippen LogP contribution is -2.24. The average Bonchev–Trinajstić information content (AvgIpc) is 2.67. The van der Waals surface area contributed by atoms with Gasteiger partial charge < -0.3 is 15.4 Å². The molecule has 132 valence electrons. The molecule has 1 aromatic heterocycles. The average molecular weight is 351 g/mol. The summed E-state index contributed by atoms with van der Waals surface area (Å²) in [4.78, 5) is 16.9. The number of halogens is 1. The van der Waals surface area contributed by atoms with E-state index in [9.17, 15) is 9.18 Å². The van der Waals surface area contributed by atoms with Crippen LogP contribution in [0.2, 0.25) is 0 Å². The molecule has 3 rings (SSSR count). The van der Waals surface area contributed by atoms with Gasteiger partial charge in [-0.15, -0.1) is 6.58 Å². The molecule has 1 amide bonds. The van der Waals surface area contributed by atoms with Crippen molar-refractivity contribution in [1.29, 1.82) is 0 Å². The van der Waals surface area contributed by atoms with Gasteiger partial charge in [0.05, 0.1) is 24.0 Å². The van der Waals surface area contributed by atoms with Crippen molar-refractivity contribution in [3.8, 4) is 5.75 Å². The van der Waals surface area contributed by atoms with Gasteiger partial charge in [-0.25, -0.2) is 4.39 Å². The highest BCUT2D eigenvalue weighted by molar-refractivity contribution is 6.09. The summed E-state index contributed by atoms with van der Waals surface area (Å²) < 4.78 is 19.5. The summed E-state index contributed by atoms with van der Waals surface area (Å²) in [5, 5.41) is 6.41. The SMILES string of the molecule is C=CCNC(=O)c1cnc2c(OC)cccc2c1Nc1ccccc1F. The molecule has 5 nitrogen and oxygen atoms in total. The van der Waals surface area contributed by atoms with E-state index >= 15 is 0 Å². The lowest BCUT2D eigenvalue weighted by atomic mass is 10.1. The molecule has 26 heavy (non-hydrogen) atoms. The largest absolute Gasteiger partial charge is 0.494 e. The minimum atomic E-state index is -0.419. The van der Waals surface area contributed by atoms with Gasteiger partial charge in [-0.1, -0.05) is 30.3 Å². The van der Waals surface area contributed by atoms with Crippen LogP contribution in [0.15, 0.2) is 61.3 Å². The van der Waals surface area contributed by atoms with Crippen LogP contribution in [-0.2, 0) is 0 Å². The number of carbonyl (C=O) groups excluding carboxylic acids is 1. The topological polar surface area (TPSA) is 63.2 Å². The number of nitrogens with one attached hydrogen (secondary N) is 2. The minimum Gasteiger partial charge on any atom is -0.494 e. The number of para-hydroxylation sites is 2. The molecule has 0 radical (unpaired) electrons. The summed E-state index contributed by atoms with van der Waals surface area (Å²) >= 11 is 0. The van der Waals surface area contributed by atoms with Crippen molar-refractivity contribution in [2.45, 2.75) is 0 Å². The minimum absolute atomic E-state index is 0.264. The number of fused-ring (bicyclic) bond motifs is 1. The monoisotopic (exact) mass is 351 g/mol. The Morgan fingerprint density at radius 3 is 2.81 bits per heavy atom. The second kappa shape index (κ2) is 7.65. The van der Waals surface area contributed by atoms with E-state index in [1.807, 2.05) is 0 Å². The molecule has 0 aliphatic heterocycles. The number of nitrogens with zero attached hydrogens (tertiary/aromatic N) is 1. The van der Waals surface area contributed by atoms with Gasteiger partial charge in [-0.05, 0) is 18.2 Å². The first-order chi connectivity index (χ1) is 12.7. The number of ether oxygens (including phenoxy) is 1. The summed E-state index contributed by atoms with van der Waals surface area (Å²) in [6, 6.07) is 11.6. The van der Waals surface area contributed by atoms with Crippen molar-refractivity contribution < 1.29 is 13.9 Å². The van der Waals surface area contributed by atoms with Gasteiger partial charge >= 0.3 is 0 Å². The maximum absolute atomic E-state index is 14.1. The molecule has 0 saturated heterocycles. The smallest absolute Gasteiger partial charge is 0.255 e. The lowest BCUT2D eigenvalue weighted by molar-refractivity contribution is 0.0958. The van der Waals surface area contributed by atoms with Gasteiger partial charge in [0.2, 0.25) is 0 Å². The number of aromatic nitrogens is 1. The van der Waals surface area contributed by atoms with Gasteiger partial charge in [0.15, 0.2) is 0 Å². The highest BCUT2D eigenvalue weighted by Crippen LogP contribution is 2.34. The molecular formula is C20H18FN3O2. The number of hydrogen-bond donors (Lipinski definition) is 2. The predicted molar refractivity (Wildman–Crippen MR) is 101 cm³/mol. The summed E-state index contributed by atoms with van der Waals surface area (Å²) in [5.41, 5.74) is 1.60. The lowest BCUT2D eigenvalue weighted by Gasteiger charge is -2.16. The fraction of sp³-hybridized carbons (Fsp3) is 0.100. The Balaban J connectivity index is 2.18. The van der Waals surface area contributed by atoms with Crippen LogP contribution in [0.1, 0.15) is 10.4 Å². The molecule has 2 N–H and O–H groups in total. The Hall–Kier alpha value is -3.41. The fourth-order valence-corrected chi connectivity index (χ4v) is 2.62. The van der Waals surface area contributed by atoms with Crippen molar-refractivity contribution in [1.82, 2.24) is 10.3 Å². The summed E-state index contributed by atoms with van der Waals surface area (Å²) in [6.07, 6.45) is 3.03. The van der Waals surface area contributed by atoms with Crippen LogP contribution < -0.4 is 15.4 Å². The molecule has 0 aliphatic rings. The van der Waals surface area contributed by atoms with Crippen LogP contribution >= 0.6 is 0 Å². The van der Waals surface area contributed by atoms with Crippen LogP contribution in [0.4, 0.5) is 15.8 Å². The second-order valence-electron chi connectivity index (χ2n) is 5.51. The number of amides is 1. The Morgan fingerprint density at radius 1 is 1.27 bits per heavy atom. The number of pyridine rings is 1. The van der Waals surface area contributed by atoms with E-state index in [1.165, 1.54) is 12.3 Å². The molecule has 0 saturated carbocycles. The molecule has 0 bridgehead atoms. The van der Waals surface area contributed by atoms with Gasteiger partial charge in [-0.2, -0.15) is 0 Å². The molecule has 6 heteroatoms. The molecule has 0 aliphatic carbocycles. The van der Waals surface area contributed by atoms with Crippen molar-refractivity contribution >= 4 is 28.2 Å². The molecule has 0 fully saturated rings. The second-order valence-corrected chi connectivity index (χ2v) is 5.51. The maximum Gasteiger partial charge on any atom is 0.255 e. The Bertz CT molecular complexity index is 972. The number of anilines is 2. The third-order valence-corrected chi connectivity index (χ3v) is 3.87. The number of rotatable bonds is 6. The van der Waals surface area contributed by atoms with Crippen LogP contribution in [0, 0.1) is 5.82 Å². The number of carbonyl (C=O) groups is 1. The molecular weight excluding hydrogens is 333 g/mol. The van der Waals surface area contributed by atoms with Gasteiger partial charge in [0.25, 0.3) is 5.91 Å². The van der Waals surface area contributed by atoms with Crippen molar-refractivity contribution in [3.05, 3.63) is 72.7 Å². The van der Waals surface area contributed by atoms with E-state index in [0.29, 0.717) is 34.4 Å². The van der Waals surface area contributed by atoms with Crippen LogP contribution in [0.5, 0.6) is 5.75 Å². The zero-order chi connectivity index (χ0) is 18.5. The van der Waals surface area contributed by atoms with Gasteiger partial charge in [0, 0.05) is 18.1 Å². The maximum atomic E-state index is 14.1. The zero-order valence-corrected chi connectivity index (χ0v) is 14.3. The van der Waals surface area contributed by atoms with Crippen LogP contribution in [0.25, 0.3) is 10.9 Å². The molecule has 3 aromatic rings. The molecule has 0 unspecified atom stereocenters. The first-order valence-corrected chi connectivity index (χ1v) is 8.02. The normalized spacial score (nSPS) is 10.4. The predicted octanol–water partition coefficient (Wildman–Crippen LogP) is 4.04. The molecule has 0 spiro atoms. The number of benzene rings is 2. The highest BCUT2D eigenvalue weighted by atomic mass is 19.1. The third kappa shape index (κ3) is 3.35. The van der Waals surface area contributed by atoms with Crippen LogP contribution in [-0.4, -0.2) is 24.5 Å². The summed E-state index contributed by atoms with van der Waals surface area (Å²) in [6.45, 7) is 3.90.